The number of rotatable bonds is 6. The Morgan fingerprint density at radius 2 is 1.87 bits per heavy atom. The Balaban J connectivity index is 1.97. The Kier molecular flexibility index (Phi) is 6.20. The summed E-state index contributed by atoms with van der Waals surface area (Å²) in [4.78, 5) is 12.2. The lowest BCUT2D eigenvalue weighted by Gasteiger charge is -2.19. The molecule has 4 heteroatoms. The van der Waals surface area contributed by atoms with E-state index < -0.39 is 0 Å². The second kappa shape index (κ2) is 8.14. The largest absolute Gasteiger partial charge is 0.332 e. The molecule has 0 fully saturated rings. The van der Waals surface area contributed by atoms with Crippen LogP contribution >= 0.6 is 11.6 Å². The van der Waals surface area contributed by atoms with E-state index in [0.717, 1.165) is 5.56 Å². The van der Waals surface area contributed by atoms with Crippen LogP contribution in [0.1, 0.15) is 31.0 Å². The number of quaternary nitrogens is 1. The fourth-order valence-corrected chi connectivity index (χ4v) is 2.91. The Hall–Kier alpha value is -1.84. The van der Waals surface area contributed by atoms with E-state index >= 15 is 0 Å². The molecule has 0 aromatic heterocycles. The predicted octanol–water partition coefficient (Wildman–Crippen LogP) is 3.55. The molecule has 23 heavy (non-hydrogen) atoms. The van der Waals surface area contributed by atoms with E-state index in [1.807, 2.05) is 43.3 Å². The van der Waals surface area contributed by atoms with Crippen molar-refractivity contribution in [2.45, 2.75) is 26.8 Å². The molecule has 1 amide bonds. The zero-order chi connectivity index (χ0) is 16.8. The van der Waals surface area contributed by atoms with Gasteiger partial charge in [-0.25, -0.2) is 0 Å². The first-order valence-corrected chi connectivity index (χ1v) is 8.29. The molecule has 0 aliphatic carbocycles. The van der Waals surface area contributed by atoms with Gasteiger partial charge < -0.3 is 10.6 Å². The van der Waals surface area contributed by atoms with Crippen molar-refractivity contribution in [2.24, 2.45) is 5.92 Å². The van der Waals surface area contributed by atoms with Gasteiger partial charge in [-0.1, -0.05) is 61.8 Å². The van der Waals surface area contributed by atoms with Crippen molar-refractivity contribution in [3.8, 4) is 0 Å². The normalized spacial score (nSPS) is 12.2. The highest BCUT2D eigenvalue weighted by Gasteiger charge is 2.20. The summed E-state index contributed by atoms with van der Waals surface area (Å²) in [5, 5.41) is 5.53. The molecule has 1 atom stereocenters. The minimum absolute atomic E-state index is 0.0441. The fraction of sp³-hybridized carbons (Fsp3) is 0.316. The lowest BCUT2D eigenvalue weighted by molar-refractivity contribution is -0.692. The molecule has 122 valence electrons. The Morgan fingerprint density at radius 1 is 1.17 bits per heavy atom. The summed E-state index contributed by atoms with van der Waals surface area (Å²) in [7, 11) is 0. The van der Waals surface area contributed by atoms with Crippen LogP contribution in [-0.4, -0.2) is 12.5 Å². The van der Waals surface area contributed by atoms with Crippen LogP contribution in [0.4, 0.5) is 5.69 Å². The lowest BCUT2D eigenvalue weighted by Crippen LogP contribution is -2.88. The molecule has 3 N–H and O–H groups in total. The first-order valence-electron chi connectivity index (χ1n) is 7.91. The summed E-state index contributed by atoms with van der Waals surface area (Å²) >= 11 is 6.16. The molecule has 0 saturated heterocycles. The van der Waals surface area contributed by atoms with Crippen molar-refractivity contribution < 1.29 is 10.1 Å². The number of aryl methyl sites for hydroxylation is 1. The molecule has 3 nitrogen and oxygen atoms in total. The third-order valence-corrected chi connectivity index (χ3v) is 4.17. The van der Waals surface area contributed by atoms with Crippen LogP contribution in [0.25, 0.3) is 0 Å². The number of hydrogen-bond donors (Lipinski definition) is 2. The molecule has 2 aromatic rings. The van der Waals surface area contributed by atoms with Gasteiger partial charge in [0.15, 0.2) is 6.54 Å². The van der Waals surface area contributed by atoms with Crippen molar-refractivity contribution in [3.63, 3.8) is 0 Å². The number of nitrogens with one attached hydrogen (secondary N) is 1. The summed E-state index contributed by atoms with van der Waals surface area (Å²) < 4.78 is 0. The molecule has 2 rings (SSSR count). The standard InChI is InChI=1S/C19H23ClN2O/c1-13(2)19(15-7-5-4-6-8-15)21-12-18(23)22-17-10-9-14(3)11-16(17)20/h4-11,13,19,21H,12H2,1-3H3,(H,22,23)/p+1/t19-/m1/s1. The highest BCUT2D eigenvalue weighted by atomic mass is 35.5. The maximum atomic E-state index is 12.2. The Morgan fingerprint density at radius 3 is 2.48 bits per heavy atom. The van der Waals surface area contributed by atoms with Crippen LogP contribution in [0.2, 0.25) is 5.02 Å². The smallest absolute Gasteiger partial charge is 0.279 e. The van der Waals surface area contributed by atoms with E-state index in [-0.39, 0.29) is 11.9 Å². The number of amides is 1. The Labute approximate surface area is 143 Å². The highest BCUT2D eigenvalue weighted by molar-refractivity contribution is 6.33. The SMILES string of the molecule is Cc1ccc(NC(=O)C[NH2+][C@@H](c2ccccc2)C(C)C)c(Cl)c1. The molecule has 0 radical (unpaired) electrons. The first-order chi connectivity index (χ1) is 11.0. The number of anilines is 1. The zero-order valence-electron chi connectivity index (χ0n) is 13.8. The van der Waals surface area contributed by atoms with Gasteiger partial charge in [0.1, 0.15) is 6.04 Å². The van der Waals surface area contributed by atoms with Crippen LogP contribution in [0.5, 0.6) is 0 Å². The van der Waals surface area contributed by atoms with Gasteiger partial charge in [-0.15, -0.1) is 0 Å². The summed E-state index contributed by atoms with van der Waals surface area (Å²) in [5.41, 5.74) is 2.98. The average Bonchev–Trinajstić information content (AvgIpc) is 2.51. The Bertz CT molecular complexity index is 656. The van der Waals surface area contributed by atoms with Gasteiger partial charge in [0.25, 0.3) is 5.91 Å². The average molecular weight is 332 g/mol. The molecular formula is C19H24ClN2O+. The number of carbonyl (C=O) groups is 1. The summed E-state index contributed by atoms with van der Waals surface area (Å²) in [6.07, 6.45) is 0. The van der Waals surface area contributed by atoms with Crippen LogP contribution < -0.4 is 10.6 Å². The number of hydrogen-bond acceptors (Lipinski definition) is 1. The third kappa shape index (κ3) is 5.08. The monoisotopic (exact) mass is 331 g/mol. The predicted molar refractivity (Wildman–Crippen MR) is 95.6 cm³/mol. The van der Waals surface area contributed by atoms with Crippen molar-refractivity contribution in [1.82, 2.24) is 0 Å². The highest BCUT2D eigenvalue weighted by Crippen LogP contribution is 2.22. The summed E-state index contributed by atoms with van der Waals surface area (Å²) in [6, 6.07) is 16.2. The zero-order valence-corrected chi connectivity index (χ0v) is 14.6. The van der Waals surface area contributed by atoms with Gasteiger partial charge in [-0.05, 0) is 24.6 Å². The van der Waals surface area contributed by atoms with Crippen LogP contribution in [0, 0.1) is 12.8 Å². The van der Waals surface area contributed by atoms with Gasteiger partial charge in [0, 0.05) is 11.5 Å². The van der Waals surface area contributed by atoms with Crippen molar-refractivity contribution >= 4 is 23.2 Å². The van der Waals surface area contributed by atoms with Crippen LogP contribution in [-0.2, 0) is 4.79 Å². The van der Waals surface area contributed by atoms with Gasteiger partial charge in [0.05, 0.1) is 10.7 Å². The van der Waals surface area contributed by atoms with E-state index in [9.17, 15) is 4.79 Å². The molecule has 0 aliphatic heterocycles. The number of halogens is 1. The lowest BCUT2D eigenvalue weighted by atomic mass is 9.96. The minimum Gasteiger partial charge on any atom is -0.332 e. The van der Waals surface area contributed by atoms with Crippen molar-refractivity contribution in [1.29, 1.82) is 0 Å². The van der Waals surface area contributed by atoms with Crippen LogP contribution in [0.15, 0.2) is 48.5 Å². The molecular weight excluding hydrogens is 308 g/mol. The van der Waals surface area contributed by atoms with Gasteiger partial charge >= 0.3 is 0 Å². The molecule has 0 heterocycles. The quantitative estimate of drug-likeness (QED) is 0.835. The number of nitrogens with two attached hydrogens (primary N) is 1. The van der Waals surface area contributed by atoms with E-state index in [0.29, 0.717) is 23.2 Å². The van der Waals surface area contributed by atoms with E-state index in [4.69, 9.17) is 11.6 Å². The van der Waals surface area contributed by atoms with Gasteiger partial charge in [-0.2, -0.15) is 0 Å². The molecule has 0 bridgehead atoms. The second-order valence-corrected chi connectivity index (χ2v) is 6.56. The minimum atomic E-state index is -0.0441. The molecule has 0 saturated carbocycles. The second-order valence-electron chi connectivity index (χ2n) is 6.15. The molecule has 2 aromatic carbocycles. The fourth-order valence-electron chi connectivity index (χ4n) is 2.63. The van der Waals surface area contributed by atoms with E-state index in [1.165, 1.54) is 5.56 Å². The maximum absolute atomic E-state index is 12.2. The molecule has 0 spiro atoms. The number of benzene rings is 2. The number of carbonyl (C=O) groups excluding carboxylic acids is 1. The van der Waals surface area contributed by atoms with Gasteiger partial charge in [-0.3, -0.25) is 4.79 Å². The summed E-state index contributed by atoms with van der Waals surface area (Å²) in [5.74, 6) is 0.394. The van der Waals surface area contributed by atoms with Crippen LogP contribution in [0.3, 0.4) is 0 Å². The summed E-state index contributed by atoms with van der Waals surface area (Å²) in [6.45, 7) is 6.67. The molecule has 0 aliphatic rings. The van der Waals surface area contributed by atoms with Gasteiger partial charge in [0.2, 0.25) is 0 Å². The maximum Gasteiger partial charge on any atom is 0.279 e. The van der Waals surface area contributed by atoms with Crippen molar-refractivity contribution in [3.05, 3.63) is 64.7 Å². The van der Waals surface area contributed by atoms with Crippen molar-refractivity contribution in [2.75, 3.05) is 11.9 Å². The van der Waals surface area contributed by atoms with E-state index in [2.05, 4.69) is 36.6 Å². The van der Waals surface area contributed by atoms with E-state index in [1.54, 1.807) is 0 Å². The first kappa shape index (κ1) is 17.5. The molecule has 0 unspecified atom stereocenters. The third-order valence-electron chi connectivity index (χ3n) is 3.86. The topological polar surface area (TPSA) is 45.7 Å².